The normalized spacial score (nSPS) is 7.60. The number of nitrogens with two attached hydrogens (primary N) is 2. The standard InChI is InChI=1S/C3H5N2/c1-2-3(4)5/h3H,4-5H2. The van der Waals surface area contributed by atoms with Gasteiger partial charge in [0.05, 0.1) is 0 Å². The van der Waals surface area contributed by atoms with Gasteiger partial charge in [0.1, 0.15) is 6.17 Å². The van der Waals surface area contributed by atoms with Crippen LogP contribution in [0.4, 0.5) is 0 Å². The summed E-state index contributed by atoms with van der Waals surface area (Å²) in [6.45, 7) is 0. The molecule has 0 saturated heterocycles. The molecule has 4 N–H and O–H groups in total. The van der Waals surface area contributed by atoms with Gasteiger partial charge in [0, 0.05) is 0 Å². The zero-order valence-corrected chi connectivity index (χ0v) is 2.73. The van der Waals surface area contributed by atoms with E-state index in [-0.39, 0.29) is 0 Å². The van der Waals surface area contributed by atoms with Gasteiger partial charge >= 0.3 is 0 Å². The first kappa shape index (κ1) is 4.48. The Morgan fingerprint density at radius 2 is 1.80 bits per heavy atom. The van der Waals surface area contributed by atoms with Crippen LogP contribution in [0.5, 0.6) is 0 Å². The Labute approximate surface area is 31.1 Å². The number of hydrogen-bond donors (Lipinski definition) is 2. The van der Waals surface area contributed by atoms with Gasteiger partial charge in [-0.05, 0) is 6.42 Å². The highest BCUT2D eigenvalue weighted by Crippen LogP contribution is 1.44. The molecular weight excluding hydrogens is 64.0 g/mol. The van der Waals surface area contributed by atoms with Crippen molar-refractivity contribution in [3.63, 3.8) is 0 Å². The van der Waals surface area contributed by atoms with E-state index in [0.717, 1.165) is 0 Å². The molecule has 0 spiro atoms. The summed E-state index contributed by atoms with van der Waals surface area (Å²) < 4.78 is 0. The molecule has 0 bridgehead atoms. The lowest BCUT2D eigenvalue weighted by atomic mass is 10.6. The van der Waals surface area contributed by atoms with Crippen LogP contribution in [0.2, 0.25) is 0 Å². The molecule has 0 fully saturated rings. The third-order valence-corrected chi connectivity index (χ3v) is 0.167. The van der Waals surface area contributed by atoms with Crippen LogP contribution in [-0.2, 0) is 0 Å². The summed E-state index contributed by atoms with van der Waals surface area (Å²) in [7, 11) is 0. The summed E-state index contributed by atoms with van der Waals surface area (Å²) in [4.78, 5) is 0. The average molecular weight is 69.1 g/mol. The monoisotopic (exact) mass is 69.0 g/mol. The summed E-state index contributed by atoms with van der Waals surface area (Å²) in [6.07, 6.45) is 5.46. The molecule has 0 amide bonds. The lowest BCUT2D eigenvalue weighted by Crippen LogP contribution is -2.27. The lowest BCUT2D eigenvalue weighted by molar-refractivity contribution is 0.906. The molecule has 0 heterocycles. The van der Waals surface area contributed by atoms with Crippen LogP contribution in [0.15, 0.2) is 0 Å². The van der Waals surface area contributed by atoms with Gasteiger partial charge in [-0.3, -0.25) is 0 Å². The van der Waals surface area contributed by atoms with Crippen LogP contribution in [0, 0.1) is 12.3 Å². The molecule has 2 heteroatoms. The highest BCUT2D eigenvalue weighted by Gasteiger charge is 1.73. The minimum absolute atomic E-state index is 0.699. The first-order valence-electron chi connectivity index (χ1n) is 1.21. The quantitative estimate of drug-likeness (QED) is 0.278. The fraction of sp³-hybridized carbons (Fsp3) is 0.333. The van der Waals surface area contributed by atoms with E-state index >= 15 is 0 Å². The fourth-order valence-electron chi connectivity index (χ4n) is 0. The Balaban J connectivity index is 2.94. The van der Waals surface area contributed by atoms with E-state index in [1.807, 2.05) is 5.92 Å². The van der Waals surface area contributed by atoms with Gasteiger partial charge in [0.25, 0.3) is 0 Å². The summed E-state index contributed by atoms with van der Waals surface area (Å²) in [5.41, 5.74) is 9.54. The summed E-state index contributed by atoms with van der Waals surface area (Å²) >= 11 is 0. The van der Waals surface area contributed by atoms with Gasteiger partial charge in [-0.15, -0.1) is 0 Å². The SMILES string of the molecule is [C]#CC(N)N. The van der Waals surface area contributed by atoms with Crippen LogP contribution in [0.1, 0.15) is 0 Å². The molecule has 0 atom stereocenters. The largest absolute Gasteiger partial charge is 0.306 e. The maximum Gasteiger partial charge on any atom is 0.117 e. The van der Waals surface area contributed by atoms with Crippen LogP contribution >= 0.6 is 0 Å². The molecule has 0 unspecified atom stereocenters. The van der Waals surface area contributed by atoms with Crippen LogP contribution in [0.3, 0.4) is 0 Å². The Morgan fingerprint density at radius 3 is 1.80 bits per heavy atom. The van der Waals surface area contributed by atoms with Gasteiger partial charge in [-0.25, -0.2) is 0 Å². The highest BCUT2D eigenvalue weighted by molar-refractivity contribution is 4.84. The minimum atomic E-state index is -0.699. The van der Waals surface area contributed by atoms with Crippen LogP contribution in [-0.4, -0.2) is 6.17 Å². The summed E-state index contributed by atoms with van der Waals surface area (Å²) in [5.74, 6) is 1.83. The van der Waals surface area contributed by atoms with Gasteiger partial charge in [-0.1, -0.05) is 5.92 Å². The van der Waals surface area contributed by atoms with Crippen molar-refractivity contribution in [1.29, 1.82) is 0 Å². The van der Waals surface area contributed by atoms with E-state index in [1.54, 1.807) is 0 Å². The van der Waals surface area contributed by atoms with Gasteiger partial charge in [-0.2, -0.15) is 0 Å². The van der Waals surface area contributed by atoms with Gasteiger partial charge < -0.3 is 11.5 Å². The second kappa shape index (κ2) is 1.77. The molecule has 0 aromatic heterocycles. The van der Waals surface area contributed by atoms with Crippen molar-refractivity contribution in [3.05, 3.63) is 6.42 Å². The molecule has 0 aliphatic rings. The Kier molecular flexibility index (Phi) is 1.58. The molecule has 0 aliphatic carbocycles. The Morgan fingerprint density at radius 1 is 1.60 bits per heavy atom. The van der Waals surface area contributed by atoms with E-state index in [2.05, 4.69) is 0 Å². The third-order valence-electron chi connectivity index (χ3n) is 0.167. The van der Waals surface area contributed by atoms with Crippen molar-refractivity contribution in [2.75, 3.05) is 0 Å². The Bertz CT molecular complexity index is 50.4. The van der Waals surface area contributed by atoms with Crippen molar-refractivity contribution < 1.29 is 0 Å². The van der Waals surface area contributed by atoms with Crippen molar-refractivity contribution in [2.45, 2.75) is 6.17 Å². The predicted molar refractivity (Wildman–Crippen MR) is 19.3 cm³/mol. The Hall–Kier alpha value is -0.520. The molecule has 2 nitrogen and oxygen atoms in total. The molecule has 0 rings (SSSR count). The second-order valence-electron chi connectivity index (χ2n) is 0.670. The smallest absolute Gasteiger partial charge is 0.117 e. The molecule has 5 heavy (non-hydrogen) atoms. The van der Waals surface area contributed by atoms with E-state index in [4.69, 9.17) is 17.9 Å². The summed E-state index contributed by atoms with van der Waals surface area (Å²) in [5, 5.41) is 0. The second-order valence-corrected chi connectivity index (χ2v) is 0.670. The lowest BCUT2D eigenvalue weighted by Gasteiger charge is -1.83. The zero-order chi connectivity index (χ0) is 4.28. The maximum atomic E-state index is 6.16. The molecule has 0 saturated carbocycles. The fourth-order valence-corrected chi connectivity index (χ4v) is 0. The van der Waals surface area contributed by atoms with Crippen molar-refractivity contribution in [3.8, 4) is 5.92 Å². The molecule has 0 aromatic rings. The molecule has 0 aromatic carbocycles. The number of rotatable bonds is 0. The van der Waals surface area contributed by atoms with E-state index < -0.39 is 6.17 Å². The van der Waals surface area contributed by atoms with Crippen molar-refractivity contribution >= 4 is 0 Å². The van der Waals surface area contributed by atoms with E-state index in [1.165, 1.54) is 0 Å². The predicted octanol–water partition coefficient (Wildman–Crippen LogP) is -1.18. The first-order valence-corrected chi connectivity index (χ1v) is 1.21. The highest BCUT2D eigenvalue weighted by atomic mass is 14.8. The van der Waals surface area contributed by atoms with Crippen LogP contribution in [0.25, 0.3) is 0 Å². The topological polar surface area (TPSA) is 52.0 Å². The molecule has 1 radical (unpaired) electrons. The third kappa shape index (κ3) is 3.48. The van der Waals surface area contributed by atoms with Gasteiger partial charge in [0.15, 0.2) is 0 Å². The first-order chi connectivity index (χ1) is 2.27. The van der Waals surface area contributed by atoms with E-state index in [9.17, 15) is 0 Å². The average Bonchev–Trinajstić information content (AvgIpc) is 1.38. The van der Waals surface area contributed by atoms with Crippen LogP contribution < -0.4 is 11.5 Å². The van der Waals surface area contributed by atoms with Gasteiger partial charge in [0.2, 0.25) is 0 Å². The van der Waals surface area contributed by atoms with Crippen molar-refractivity contribution in [2.24, 2.45) is 11.5 Å². The molecule has 0 aliphatic heterocycles. The number of hydrogen-bond acceptors (Lipinski definition) is 2. The molecule has 27 valence electrons. The van der Waals surface area contributed by atoms with Crippen molar-refractivity contribution in [1.82, 2.24) is 0 Å². The minimum Gasteiger partial charge on any atom is -0.306 e. The summed E-state index contributed by atoms with van der Waals surface area (Å²) in [6, 6.07) is 0. The van der Waals surface area contributed by atoms with E-state index in [0.29, 0.717) is 0 Å². The zero-order valence-electron chi connectivity index (χ0n) is 2.73. The molecular formula is C3H5N2. The maximum absolute atomic E-state index is 6.16.